The first-order valence-electron chi connectivity index (χ1n) is 33.6. The van der Waals surface area contributed by atoms with Gasteiger partial charge in [-0.2, -0.15) is 0 Å². The SMILES string of the molecule is C/C=C\C(=C/C)C(C)(C)c1ccc(C)c(B2c3cc(C(C)(C)c4ccccc4)ccc3N(c3ccc(C(C)(C)c4ccccc4)cc3)c3cc(N(c4ccc(C(C)(C)C)cc4)c4ccc(C)cc4C)cc(C)c32)c1.CC.Cc1ccc(C(C)(C)c2ccccc2)cc1. The Hall–Kier alpha value is -8.66. The van der Waals surface area contributed by atoms with E-state index in [1.54, 1.807) is 0 Å². The minimum Gasteiger partial charge on any atom is -0.311 e. The van der Waals surface area contributed by atoms with Gasteiger partial charge in [-0.05, 0) is 169 Å². The summed E-state index contributed by atoms with van der Waals surface area (Å²) < 4.78 is 0. The third-order valence-electron chi connectivity index (χ3n) is 19.8. The van der Waals surface area contributed by atoms with E-state index in [1.165, 1.54) is 111 Å². The van der Waals surface area contributed by atoms with Crippen molar-refractivity contribution >= 4 is 57.2 Å². The highest BCUT2D eigenvalue weighted by atomic mass is 15.2. The molecule has 0 aliphatic carbocycles. The molecular formula is C89H101BN2. The minimum atomic E-state index is -0.253. The van der Waals surface area contributed by atoms with E-state index in [1.807, 2.05) is 13.8 Å². The molecule has 0 amide bonds. The average Bonchev–Trinajstić information content (AvgIpc) is 0.714. The molecular weight excluding hydrogens is 1110 g/mol. The molecule has 0 aromatic heterocycles. The highest BCUT2D eigenvalue weighted by Gasteiger charge is 2.41. The number of hydrogen-bond donors (Lipinski definition) is 0. The molecule has 0 radical (unpaired) electrons. The highest BCUT2D eigenvalue weighted by Crippen LogP contribution is 2.46. The molecule has 11 rings (SSSR count). The first-order chi connectivity index (χ1) is 43.8. The summed E-state index contributed by atoms with van der Waals surface area (Å²) in [6.45, 7) is 45.1. The van der Waals surface area contributed by atoms with Gasteiger partial charge in [0.15, 0.2) is 0 Å². The number of fused-ring (bicyclic) bond motifs is 2. The molecule has 10 aromatic carbocycles. The van der Waals surface area contributed by atoms with Gasteiger partial charge in [0.25, 0.3) is 0 Å². The van der Waals surface area contributed by atoms with E-state index in [-0.39, 0.29) is 33.8 Å². The smallest absolute Gasteiger partial charge is 0.247 e. The second kappa shape index (κ2) is 27.7. The Bertz CT molecular complexity index is 4190. The lowest BCUT2D eigenvalue weighted by Crippen LogP contribution is -2.59. The third kappa shape index (κ3) is 13.8. The molecule has 0 saturated heterocycles. The number of anilines is 6. The molecule has 0 atom stereocenters. The lowest BCUT2D eigenvalue weighted by molar-refractivity contribution is 0.590. The van der Waals surface area contributed by atoms with Gasteiger partial charge in [-0.15, -0.1) is 0 Å². The minimum absolute atomic E-state index is 0.0300. The fourth-order valence-corrected chi connectivity index (χ4v) is 13.7. The van der Waals surface area contributed by atoms with Crippen molar-refractivity contribution in [3.8, 4) is 0 Å². The molecule has 1 aliphatic heterocycles. The Morgan fingerprint density at radius 3 is 1.34 bits per heavy atom. The average molecular weight is 1210 g/mol. The molecule has 0 unspecified atom stereocenters. The molecule has 0 fully saturated rings. The Kier molecular flexibility index (Phi) is 20.4. The quantitative estimate of drug-likeness (QED) is 0.0791. The summed E-state index contributed by atoms with van der Waals surface area (Å²) in [7, 11) is 0. The van der Waals surface area contributed by atoms with E-state index >= 15 is 0 Å². The van der Waals surface area contributed by atoms with Crippen LogP contribution in [-0.4, -0.2) is 6.71 Å². The lowest BCUT2D eigenvalue weighted by Gasteiger charge is -2.41. The van der Waals surface area contributed by atoms with E-state index in [9.17, 15) is 0 Å². The molecule has 0 bridgehead atoms. The molecule has 10 aromatic rings. The Labute approximate surface area is 555 Å². The first-order valence-corrected chi connectivity index (χ1v) is 33.6. The second-order valence-electron chi connectivity index (χ2n) is 28.5. The predicted octanol–water partition coefficient (Wildman–Crippen LogP) is 22.8. The van der Waals surface area contributed by atoms with Gasteiger partial charge in [-0.25, -0.2) is 0 Å². The van der Waals surface area contributed by atoms with E-state index in [0.29, 0.717) is 0 Å². The molecule has 2 nitrogen and oxygen atoms in total. The summed E-state index contributed by atoms with van der Waals surface area (Å²) in [5.74, 6) is 0. The number of benzene rings is 10. The van der Waals surface area contributed by atoms with Crippen LogP contribution in [0.1, 0.15) is 176 Å². The normalized spacial score (nSPS) is 12.8. The summed E-state index contributed by atoms with van der Waals surface area (Å²) >= 11 is 0. The number of nitrogens with zero attached hydrogens (tertiary/aromatic N) is 2. The molecule has 3 heteroatoms. The van der Waals surface area contributed by atoms with Gasteiger partial charge >= 0.3 is 0 Å². The van der Waals surface area contributed by atoms with Crippen LogP contribution in [0.25, 0.3) is 0 Å². The Balaban J connectivity index is 0.000000479. The van der Waals surface area contributed by atoms with E-state index in [0.717, 1.165) is 17.1 Å². The third-order valence-corrected chi connectivity index (χ3v) is 19.8. The largest absolute Gasteiger partial charge is 0.311 e. The molecule has 0 saturated carbocycles. The fraction of sp³-hybridized carbons (Fsp3) is 0.281. The molecule has 0 N–H and O–H groups in total. The standard InChI is InChI=1S/C71H77BN2.C16H18.C2H6/c1-16-24-52(17-2)69(10,11)57-31-30-49(4)62(45-57)72-63-46-58(71(14,15)55-27-22-19-23-28-55)36-42-65(63)74(60-39-34-56(35-40-60)70(12,13)54-25-20-18-21-26-54)66-47-61(44-51(6)67(66)72)73(64-41-29-48(3)43-50(64)5)59-37-32-53(33-38-59)68(7,8)9;1-13-9-11-15(12-10-13)16(2,3)14-7-5-4-6-8-14;1-2/h16-47H,1-15H3;4-12H,1-3H3;1-2H3/b24-16-,52-17+;;. The molecule has 470 valence electrons. The van der Waals surface area contributed by atoms with Crippen molar-refractivity contribution in [2.75, 3.05) is 9.80 Å². The van der Waals surface area contributed by atoms with Crippen molar-refractivity contribution in [1.29, 1.82) is 0 Å². The van der Waals surface area contributed by atoms with Crippen LogP contribution in [0.3, 0.4) is 0 Å². The van der Waals surface area contributed by atoms with E-state index in [2.05, 4.69) is 383 Å². The zero-order valence-electron chi connectivity index (χ0n) is 59.1. The van der Waals surface area contributed by atoms with Crippen LogP contribution in [0, 0.1) is 34.6 Å². The highest BCUT2D eigenvalue weighted by molar-refractivity contribution is 6.98. The van der Waals surface area contributed by atoms with Crippen LogP contribution < -0.4 is 26.2 Å². The zero-order chi connectivity index (χ0) is 66.5. The van der Waals surface area contributed by atoms with Gasteiger partial charge < -0.3 is 9.80 Å². The molecule has 1 heterocycles. The van der Waals surface area contributed by atoms with Crippen molar-refractivity contribution in [2.45, 2.75) is 166 Å². The maximum absolute atomic E-state index is 2.58. The summed E-state index contributed by atoms with van der Waals surface area (Å²) in [6, 6.07) is 86.6. The van der Waals surface area contributed by atoms with Gasteiger partial charge in [0, 0.05) is 55.8 Å². The summed E-state index contributed by atoms with van der Waals surface area (Å²) in [4.78, 5) is 5.06. The number of rotatable bonds is 14. The molecule has 0 spiro atoms. The number of aryl methyl sites for hydroxylation is 5. The monoisotopic (exact) mass is 1210 g/mol. The van der Waals surface area contributed by atoms with Gasteiger partial charge in [-0.3, -0.25) is 0 Å². The number of hydrogen-bond acceptors (Lipinski definition) is 2. The van der Waals surface area contributed by atoms with Crippen LogP contribution in [0.2, 0.25) is 0 Å². The van der Waals surface area contributed by atoms with Crippen LogP contribution in [-0.2, 0) is 27.1 Å². The zero-order valence-corrected chi connectivity index (χ0v) is 59.1. The van der Waals surface area contributed by atoms with E-state index < -0.39 is 0 Å². The van der Waals surface area contributed by atoms with Crippen molar-refractivity contribution in [3.05, 3.63) is 327 Å². The van der Waals surface area contributed by atoms with Crippen molar-refractivity contribution < 1.29 is 0 Å². The number of allylic oxidation sites excluding steroid dienone is 4. The first kappa shape index (κ1) is 67.7. The Morgan fingerprint density at radius 2 is 0.837 bits per heavy atom. The topological polar surface area (TPSA) is 6.48 Å². The summed E-state index contributed by atoms with van der Waals surface area (Å²) in [5, 5.41) is 0. The maximum Gasteiger partial charge on any atom is 0.247 e. The Morgan fingerprint density at radius 1 is 0.380 bits per heavy atom. The van der Waals surface area contributed by atoms with Crippen LogP contribution in [0.4, 0.5) is 34.1 Å². The lowest BCUT2D eigenvalue weighted by atomic mass is 9.33. The van der Waals surface area contributed by atoms with Crippen molar-refractivity contribution in [3.63, 3.8) is 0 Å². The van der Waals surface area contributed by atoms with Gasteiger partial charge in [0.1, 0.15) is 0 Å². The van der Waals surface area contributed by atoms with Crippen LogP contribution in [0.5, 0.6) is 0 Å². The van der Waals surface area contributed by atoms with Crippen LogP contribution >= 0.6 is 0 Å². The van der Waals surface area contributed by atoms with Gasteiger partial charge in [-0.1, -0.05) is 318 Å². The van der Waals surface area contributed by atoms with Gasteiger partial charge in [0.05, 0.1) is 0 Å². The summed E-state index contributed by atoms with van der Waals surface area (Å²) in [5.41, 5.74) is 28.5. The van der Waals surface area contributed by atoms with Crippen molar-refractivity contribution in [2.24, 2.45) is 0 Å². The van der Waals surface area contributed by atoms with Crippen molar-refractivity contribution in [1.82, 2.24) is 0 Å². The summed E-state index contributed by atoms with van der Waals surface area (Å²) in [6.07, 6.45) is 6.72. The molecule has 92 heavy (non-hydrogen) atoms. The maximum atomic E-state index is 2.58. The fourth-order valence-electron chi connectivity index (χ4n) is 13.7. The van der Waals surface area contributed by atoms with Gasteiger partial charge in [0.2, 0.25) is 6.71 Å². The van der Waals surface area contributed by atoms with Crippen LogP contribution in [0.15, 0.2) is 254 Å². The van der Waals surface area contributed by atoms with E-state index in [4.69, 9.17) is 0 Å². The molecule has 1 aliphatic rings. The second-order valence-corrected chi connectivity index (χ2v) is 28.5. The predicted molar refractivity (Wildman–Crippen MR) is 404 cm³/mol.